The fraction of sp³-hybridized carbons (Fsp3) is 0.667. The van der Waals surface area contributed by atoms with Crippen molar-refractivity contribution in [3.05, 3.63) is 35.4 Å². The van der Waals surface area contributed by atoms with Gasteiger partial charge in [0.2, 0.25) is 5.78 Å². The van der Waals surface area contributed by atoms with Crippen LogP contribution in [0.4, 0.5) is 5.69 Å². The molecule has 3 rings (SSSR count). The number of aliphatic hydroxyl groups excluding tert-OH is 1. The van der Waals surface area contributed by atoms with Crippen molar-refractivity contribution in [2.75, 3.05) is 18.4 Å². The summed E-state index contributed by atoms with van der Waals surface area (Å²) in [6, 6.07) is 0. The van der Waals surface area contributed by atoms with Crippen molar-refractivity contribution in [2.45, 2.75) is 142 Å². The van der Waals surface area contributed by atoms with Gasteiger partial charge in [0.15, 0.2) is 11.6 Å². The SMILES string of the molecule is CCCCCCCCCCCCN=C1C=NC(=C2C(=O)C(c3ncc(NCCCCCCCCCCCC)cn3)=C2O)N=C1. The van der Waals surface area contributed by atoms with Crippen molar-refractivity contribution in [1.82, 2.24) is 9.97 Å². The number of hydrogen-bond acceptors (Lipinski definition) is 8. The molecule has 0 radical (unpaired) electrons. The molecule has 242 valence electrons. The van der Waals surface area contributed by atoms with Crippen molar-refractivity contribution in [2.24, 2.45) is 15.0 Å². The molecule has 1 aromatic heterocycles. The first-order valence-corrected chi connectivity index (χ1v) is 17.6. The summed E-state index contributed by atoms with van der Waals surface area (Å²) in [5, 5.41) is 14.0. The second-order valence-corrected chi connectivity index (χ2v) is 12.2. The second-order valence-electron chi connectivity index (χ2n) is 12.2. The lowest BCUT2D eigenvalue weighted by atomic mass is 9.87. The molecule has 2 aliphatic rings. The molecule has 0 bridgehead atoms. The predicted octanol–water partition coefficient (Wildman–Crippen LogP) is 9.39. The largest absolute Gasteiger partial charge is 0.506 e. The van der Waals surface area contributed by atoms with Crippen LogP contribution in [-0.4, -0.2) is 52.1 Å². The van der Waals surface area contributed by atoms with E-state index in [1.165, 1.54) is 116 Å². The summed E-state index contributed by atoms with van der Waals surface area (Å²) < 4.78 is 0. The number of Topliss-reactive ketones (excluding diaryl/α,β-unsaturated/α-hetero) is 1. The molecule has 0 aromatic carbocycles. The van der Waals surface area contributed by atoms with Crippen molar-refractivity contribution >= 4 is 35.2 Å². The van der Waals surface area contributed by atoms with E-state index in [-0.39, 0.29) is 34.3 Å². The quantitative estimate of drug-likeness (QED) is 0.0901. The predicted molar refractivity (Wildman–Crippen MR) is 185 cm³/mol. The number of rotatable bonds is 24. The van der Waals surface area contributed by atoms with Gasteiger partial charge in [0, 0.05) is 13.1 Å². The van der Waals surface area contributed by atoms with Gasteiger partial charge in [-0.05, 0) is 12.8 Å². The number of nitrogens with one attached hydrogen (secondary N) is 1. The molecule has 1 aliphatic heterocycles. The smallest absolute Gasteiger partial charge is 0.208 e. The van der Waals surface area contributed by atoms with E-state index < -0.39 is 0 Å². The Labute approximate surface area is 265 Å². The summed E-state index contributed by atoms with van der Waals surface area (Å²) in [4.78, 5) is 34.6. The number of aromatic nitrogens is 2. The monoisotopic (exact) mass is 604 g/mol. The Morgan fingerprint density at radius 3 is 1.64 bits per heavy atom. The zero-order valence-corrected chi connectivity index (χ0v) is 27.5. The van der Waals surface area contributed by atoms with E-state index in [2.05, 4.69) is 44.1 Å². The number of carbonyl (C=O) groups excluding carboxylic acids is 1. The standard InChI is InChI=1S/C36H56N6O2/c1-3-5-7-9-11-13-15-17-19-21-23-37-29-25-39-35(40-26-29)31-33(43)32(34(31)44)36-41-27-30(28-42-36)38-24-22-20-18-16-14-12-10-8-6-4-2/h25-28,37,43H,3-24H2,1-2H3. The summed E-state index contributed by atoms with van der Waals surface area (Å²) in [5.41, 5.74) is 1.71. The zero-order chi connectivity index (χ0) is 31.2. The number of ketones is 1. The maximum Gasteiger partial charge on any atom is 0.208 e. The molecule has 44 heavy (non-hydrogen) atoms. The van der Waals surface area contributed by atoms with Gasteiger partial charge < -0.3 is 10.4 Å². The maximum atomic E-state index is 12.9. The van der Waals surface area contributed by atoms with Crippen molar-refractivity contribution in [3.8, 4) is 0 Å². The fourth-order valence-electron chi connectivity index (χ4n) is 5.55. The highest BCUT2D eigenvalue weighted by atomic mass is 16.3. The first-order valence-electron chi connectivity index (χ1n) is 17.6. The van der Waals surface area contributed by atoms with E-state index in [1.807, 2.05) is 0 Å². The van der Waals surface area contributed by atoms with Crippen molar-refractivity contribution < 1.29 is 9.90 Å². The molecule has 2 heterocycles. The number of aliphatic hydroxyl groups is 1. The van der Waals surface area contributed by atoms with Gasteiger partial charge in [0.1, 0.15) is 16.9 Å². The number of unbranched alkanes of at least 4 members (excludes halogenated alkanes) is 18. The highest BCUT2D eigenvalue weighted by Gasteiger charge is 2.39. The van der Waals surface area contributed by atoms with Crippen LogP contribution in [0.5, 0.6) is 0 Å². The number of anilines is 1. The average molecular weight is 605 g/mol. The molecule has 0 spiro atoms. The Morgan fingerprint density at radius 2 is 1.14 bits per heavy atom. The van der Waals surface area contributed by atoms with Crippen LogP contribution in [0.15, 0.2) is 44.5 Å². The van der Waals surface area contributed by atoms with E-state index in [0.29, 0.717) is 5.71 Å². The van der Waals surface area contributed by atoms with E-state index in [1.54, 1.807) is 24.8 Å². The van der Waals surface area contributed by atoms with Crippen LogP contribution in [0, 0.1) is 0 Å². The van der Waals surface area contributed by atoms with Crippen LogP contribution in [-0.2, 0) is 4.79 Å². The molecule has 1 aromatic rings. The molecule has 0 unspecified atom stereocenters. The molecule has 2 N–H and O–H groups in total. The minimum atomic E-state index is -0.344. The highest BCUT2D eigenvalue weighted by molar-refractivity contribution is 6.56. The molecular weight excluding hydrogens is 548 g/mol. The molecule has 0 atom stereocenters. The van der Waals surface area contributed by atoms with Crippen LogP contribution >= 0.6 is 0 Å². The number of nitrogens with zero attached hydrogens (tertiary/aromatic N) is 5. The minimum absolute atomic E-state index is 0.105. The van der Waals surface area contributed by atoms with Crippen LogP contribution in [0.3, 0.4) is 0 Å². The summed E-state index contributed by atoms with van der Waals surface area (Å²) in [6.07, 6.45) is 32.5. The van der Waals surface area contributed by atoms with Crippen LogP contribution in [0.25, 0.3) is 5.57 Å². The molecule has 1 aliphatic carbocycles. The molecule has 0 fully saturated rings. The Hall–Kier alpha value is -3.16. The minimum Gasteiger partial charge on any atom is -0.506 e. The normalized spacial score (nSPS) is 14.5. The summed E-state index contributed by atoms with van der Waals surface area (Å²) in [6.45, 7) is 6.12. The number of allylic oxidation sites excluding steroid dienone is 2. The molecule has 0 saturated heterocycles. The fourth-order valence-corrected chi connectivity index (χ4v) is 5.55. The number of aliphatic imine (C=N–C) groups is 3. The lowest BCUT2D eigenvalue weighted by Crippen LogP contribution is -2.24. The van der Waals surface area contributed by atoms with Gasteiger partial charge in [-0.1, -0.05) is 129 Å². The van der Waals surface area contributed by atoms with Gasteiger partial charge in [0.05, 0.1) is 36.2 Å². The van der Waals surface area contributed by atoms with E-state index >= 15 is 0 Å². The Bertz CT molecular complexity index is 1130. The molecular formula is C36H56N6O2. The first-order chi connectivity index (χ1) is 21.7. The zero-order valence-electron chi connectivity index (χ0n) is 27.5. The van der Waals surface area contributed by atoms with Gasteiger partial charge in [-0.3, -0.25) is 9.79 Å². The van der Waals surface area contributed by atoms with Crippen LogP contribution in [0.1, 0.15) is 148 Å². The lowest BCUT2D eigenvalue weighted by molar-refractivity contribution is -0.111. The summed E-state index contributed by atoms with van der Waals surface area (Å²) in [7, 11) is 0. The van der Waals surface area contributed by atoms with Gasteiger partial charge in [-0.15, -0.1) is 0 Å². The highest BCUT2D eigenvalue weighted by Crippen LogP contribution is 2.37. The number of hydrogen-bond donors (Lipinski definition) is 2. The van der Waals surface area contributed by atoms with E-state index in [9.17, 15) is 9.90 Å². The molecule has 8 heteroatoms. The second kappa shape index (κ2) is 21.5. The van der Waals surface area contributed by atoms with Crippen LogP contribution in [0.2, 0.25) is 0 Å². The van der Waals surface area contributed by atoms with Gasteiger partial charge >= 0.3 is 0 Å². The third kappa shape index (κ3) is 12.4. The lowest BCUT2D eigenvalue weighted by Gasteiger charge is -2.21. The molecule has 0 saturated carbocycles. The summed E-state index contributed by atoms with van der Waals surface area (Å²) in [5.74, 6) is -0.0903. The van der Waals surface area contributed by atoms with E-state index in [4.69, 9.17) is 0 Å². The Balaban J connectivity index is 1.33. The van der Waals surface area contributed by atoms with Gasteiger partial charge in [-0.25, -0.2) is 20.0 Å². The Kier molecular flexibility index (Phi) is 17.3. The summed E-state index contributed by atoms with van der Waals surface area (Å²) >= 11 is 0. The molecule has 0 amide bonds. The third-order valence-corrected chi connectivity index (χ3v) is 8.33. The van der Waals surface area contributed by atoms with Gasteiger partial charge in [-0.2, -0.15) is 0 Å². The Morgan fingerprint density at radius 1 is 0.659 bits per heavy atom. The average Bonchev–Trinajstić information content (AvgIpc) is 3.04. The van der Waals surface area contributed by atoms with Crippen LogP contribution < -0.4 is 5.32 Å². The first kappa shape index (κ1) is 35.3. The third-order valence-electron chi connectivity index (χ3n) is 8.33. The van der Waals surface area contributed by atoms with Crippen molar-refractivity contribution in [3.63, 3.8) is 0 Å². The molecule has 8 nitrogen and oxygen atoms in total. The van der Waals surface area contributed by atoms with E-state index in [0.717, 1.165) is 31.6 Å². The topological polar surface area (TPSA) is 112 Å². The number of carbonyl (C=O) groups is 1. The van der Waals surface area contributed by atoms with Gasteiger partial charge in [0.25, 0.3) is 0 Å². The van der Waals surface area contributed by atoms with Crippen molar-refractivity contribution in [1.29, 1.82) is 0 Å². The maximum absolute atomic E-state index is 12.9.